The number of hydrogen-bond donors (Lipinski definition) is 1. The second-order valence-electron chi connectivity index (χ2n) is 4.51. The third-order valence-electron chi connectivity index (χ3n) is 2.99. The maximum atomic E-state index is 12.1. The fourth-order valence-electron chi connectivity index (χ4n) is 1.92. The molecular formula is C16H13BrNO3-. The van der Waals surface area contributed by atoms with E-state index in [4.69, 9.17) is 0 Å². The summed E-state index contributed by atoms with van der Waals surface area (Å²) < 4.78 is 0.610. The van der Waals surface area contributed by atoms with Crippen molar-refractivity contribution in [2.24, 2.45) is 0 Å². The number of benzene rings is 2. The molecule has 0 saturated heterocycles. The highest BCUT2D eigenvalue weighted by molar-refractivity contribution is 9.10. The molecule has 0 bridgehead atoms. The minimum Gasteiger partial charge on any atom is -0.548 e. The summed E-state index contributed by atoms with van der Waals surface area (Å²) >= 11 is 3.27. The number of carboxylic acid groups (broad SMARTS) is 1. The first-order chi connectivity index (χ1) is 10.1. The average molecular weight is 347 g/mol. The summed E-state index contributed by atoms with van der Waals surface area (Å²) in [5.41, 5.74) is 1.20. The quantitative estimate of drug-likeness (QED) is 0.892. The van der Waals surface area contributed by atoms with Gasteiger partial charge in [-0.3, -0.25) is 4.79 Å². The first-order valence-electron chi connectivity index (χ1n) is 6.38. The van der Waals surface area contributed by atoms with E-state index in [2.05, 4.69) is 21.2 Å². The van der Waals surface area contributed by atoms with Crippen LogP contribution in [0.15, 0.2) is 59.1 Å². The summed E-state index contributed by atoms with van der Waals surface area (Å²) in [6.45, 7) is 0. The summed E-state index contributed by atoms with van der Waals surface area (Å²) in [4.78, 5) is 23.4. The predicted octanol–water partition coefficient (Wildman–Crippen LogP) is 1.54. The van der Waals surface area contributed by atoms with E-state index in [-0.39, 0.29) is 6.42 Å². The zero-order valence-corrected chi connectivity index (χ0v) is 12.7. The highest BCUT2D eigenvalue weighted by atomic mass is 79.9. The van der Waals surface area contributed by atoms with E-state index in [1.807, 2.05) is 18.2 Å². The second kappa shape index (κ2) is 7.04. The largest absolute Gasteiger partial charge is 0.548 e. The molecule has 0 unspecified atom stereocenters. The number of aliphatic carboxylic acids is 1. The number of carbonyl (C=O) groups is 2. The standard InChI is InChI=1S/C16H14BrNO3/c17-13-9-5-4-8-12(13)15(19)18-14(16(20)21)10-11-6-2-1-3-7-11/h1-9,14H,10H2,(H,18,19)(H,20,21)/p-1/t14-/m1/s1. The van der Waals surface area contributed by atoms with Crippen LogP contribution in [0.25, 0.3) is 0 Å². The van der Waals surface area contributed by atoms with Gasteiger partial charge in [-0.05, 0) is 40.0 Å². The third-order valence-corrected chi connectivity index (χ3v) is 3.68. The van der Waals surface area contributed by atoms with Gasteiger partial charge in [0.2, 0.25) is 0 Å². The molecule has 2 aromatic carbocycles. The number of nitrogens with one attached hydrogen (secondary N) is 1. The van der Waals surface area contributed by atoms with E-state index in [0.717, 1.165) is 5.56 Å². The number of rotatable bonds is 5. The van der Waals surface area contributed by atoms with Gasteiger partial charge in [-0.2, -0.15) is 0 Å². The monoisotopic (exact) mass is 346 g/mol. The molecule has 0 spiro atoms. The lowest BCUT2D eigenvalue weighted by atomic mass is 10.1. The second-order valence-corrected chi connectivity index (χ2v) is 5.37. The Morgan fingerprint density at radius 2 is 1.67 bits per heavy atom. The van der Waals surface area contributed by atoms with Gasteiger partial charge >= 0.3 is 0 Å². The number of halogens is 1. The molecule has 0 aliphatic rings. The SMILES string of the molecule is O=C(N[C@H](Cc1ccccc1)C(=O)[O-])c1ccccc1Br. The van der Waals surface area contributed by atoms with Crippen molar-refractivity contribution in [3.05, 3.63) is 70.2 Å². The van der Waals surface area contributed by atoms with E-state index in [9.17, 15) is 14.7 Å². The maximum Gasteiger partial charge on any atom is 0.252 e. The third kappa shape index (κ3) is 4.16. The average Bonchev–Trinajstić information content (AvgIpc) is 2.48. The van der Waals surface area contributed by atoms with Gasteiger partial charge in [0, 0.05) is 4.47 Å². The van der Waals surface area contributed by atoms with Crippen LogP contribution >= 0.6 is 15.9 Å². The number of carbonyl (C=O) groups excluding carboxylic acids is 2. The summed E-state index contributed by atoms with van der Waals surface area (Å²) in [5.74, 6) is -1.76. The molecule has 0 fully saturated rings. The lowest BCUT2D eigenvalue weighted by Gasteiger charge is -2.20. The molecule has 1 N–H and O–H groups in total. The van der Waals surface area contributed by atoms with Crippen LogP contribution < -0.4 is 10.4 Å². The molecule has 1 amide bonds. The fourth-order valence-corrected chi connectivity index (χ4v) is 2.39. The van der Waals surface area contributed by atoms with E-state index in [1.54, 1.807) is 36.4 Å². The van der Waals surface area contributed by atoms with Crippen molar-refractivity contribution in [1.82, 2.24) is 5.32 Å². The van der Waals surface area contributed by atoms with E-state index in [0.29, 0.717) is 10.0 Å². The molecule has 0 radical (unpaired) electrons. The molecule has 0 aliphatic heterocycles. The van der Waals surface area contributed by atoms with Gasteiger partial charge in [-0.1, -0.05) is 42.5 Å². The van der Waals surface area contributed by atoms with E-state index < -0.39 is 17.9 Å². The lowest BCUT2D eigenvalue weighted by Crippen LogP contribution is -2.49. The van der Waals surface area contributed by atoms with E-state index in [1.165, 1.54) is 0 Å². The van der Waals surface area contributed by atoms with Gasteiger partial charge in [0.1, 0.15) is 0 Å². The highest BCUT2D eigenvalue weighted by Crippen LogP contribution is 2.16. The Labute approximate surface area is 130 Å². The van der Waals surface area contributed by atoms with Crippen LogP contribution in [0.4, 0.5) is 0 Å². The van der Waals surface area contributed by atoms with Crippen molar-refractivity contribution in [3.8, 4) is 0 Å². The minimum atomic E-state index is -1.31. The Kier molecular flexibility index (Phi) is 5.11. The Bertz CT molecular complexity index is 643. The van der Waals surface area contributed by atoms with Crippen LogP contribution in [0, 0.1) is 0 Å². The van der Waals surface area contributed by atoms with Crippen LogP contribution in [0.2, 0.25) is 0 Å². The number of amides is 1. The Morgan fingerprint density at radius 3 is 2.29 bits per heavy atom. The van der Waals surface area contributed by atoms with E-state index >= 15 is 0 Å². The molecule has 4 nitrogen and oxygen atoms in total. The number of hydrogen-bond acceptors (Lipinski definition) is 3. The summed E-state index contributed by atoms with van der Waals surface area (Å²) in [6.07, 6.45) is 0.180. The van der Waals surface area contributed by atoms with Gasteiger partial charge in [-0.25, -0.2) is 0 Å². The first kappa shape index (κ1) is 15.3. The molecule has 1 atom stereocenters. The van der Waals surface area contributed by atoms with Crippen LogP contribution in [0.5, 0.6) is 0 Å². The van der Waals surface area contributed by atoms with Crippen molar-refractivity contribution >= 4 is 27.8 Å². The number of carboxylic acids is 1. The van der Waals surface area contributed by atoms with Crippen molar-refractivity contribution in [3.63, 3.8) is 0 Å². The molecule has 2 rings (SSSR count). The molecule has 0 saturated carbocycles. The van der Waals surface area contributed by atoms with Crippen molar-refractivity contribution in [2.75, 3.05) is 0 Å². The highest BCUT2D eigenvalue weighted by Gasteiger charge is 2.16. The molecule has 5 heteroatoms. The lowest BCUT2D eigenvalue weighted by molar-refractivity contribution is -0.308. The minimum absolute atomic E-state index is 0.180. The Morgan fingerprint density at radius 1 is 1.05 bits per heavy atom. The normalized spacial score (nSPS) is 11.7. The molecule has 0 aromatic heterocycles. The molecule has 21 heavy (non-hydrogen) atoms. The zero-order chi connectivity index (χ0) is 15.2. The Hall–Kier alpha value is -2.14. The molecule has 108 valence electrons. The Balaban J connectivity index is 2.12. The van der Waals surface area contributed by atoms with Gasteiger partial charge in [-0.15, -0.1) is 0 Å². The van der Waals surface area contributed by atoms with Crippen molar-refractivity contribution in [1.29, 1.82) is 0 Å². The fraction of sp³-hybridized carbons (Fsp3) is 0.125. The van der Waals surface area contributed by atoms with Crippen LogP contribution in [-0.2, 0) is 11.2 Å². The van der Waals surface area contributed by atoms with Gasteiger partial charge < -0.3 is 15.2 Å². The summed E-state index contributed by atoms with van der Waals surface area (Å²) in [6, 6.07) is 14.8. The van der Waals surface area contributed by atoms with Gasteiger partial charge in [0.25, 0.3) is 5.91 Å². The van der Waals surface area contributed by atoms with Crippen LogP contribution in [0.1, 0.15) is 15.9 Å². The smallest absolute Gasteiger partial charge is 0.252 e. The maximum absolute atomic E-state index is 12.1. The van der Waals surface area contributed by atoms with Gasteiger partial charge in [0.05, 0.1) is 17.6 Å². The van der Waals surface area contributed by atoms with Crippen molar-refractivity contribution < 1.29 is 14.7 Å². The molecular weight excluding hydrogens is 334 g/mol. The molecule has 0 heterocycles. The van der Waals surface area contributed by atoms with Gasteiger partial charge in [0.15, 0.2) is 0 Å². The molecule has 0 aliphatic carbocycles. The zero-order valence-electron chi connectivity index (χ0n) is 11.1. The van der Waals surface area contributed by atoms with Crippen molar-refractivity contribution in [2.45, 2.75) is 12.5 Å². The molecule has 2 aromatic rings. The summed E-state index contributed by atoms with van der Waals surface area (Å²) in [7, 11) is 0. The first-order valence-corrected chi connectivity index (χ1v) is 7.17. The van der Waals surface area contributed by atoms with Crippen LogP contribution in [-0.4, -0.2) is 17.9 Å². The topological polar surface area (TPSA) is 69.2 Å². The predicted molar refractivity (Wildman–Crippen MR) is 80.5 cm³/mol. The summed E-state index contributed by atoms with van der Waals surface area (Å²) in [5, 5.41) is 13.7. The van der Waals surface area contributed by atoms with Crippen LogP contribution in [0.3, 0.4) is 0 Å².